The van der Waals surface area contributed by atoms with Crippen molar-refractivity contribution in [2.75, 3.05) is 20.1 Å². The highest BCUT2D eigenvalue weighted by atomic mass is 16.5. The van der Waals surface area contributed by atoms with Crippen LogP contribution in [-0.4, -0.2) is 42.4 Å². The number of aryl methyl sites for hydroxylation is 2. The molecule has 0 unspecified atom stereocenters. The van der Waals surface area contributed by atoms with E-state index in [2.05, 4.69) is 31.9 Å². The number of benzene rings is 1. The molecule has 0 radical (unpaired) electrons. The molecule has 0 bridgehead atoms. The molecule has 1 fully saturated rings. The van der Waals surface area contributed by atoms with Crippen molar-refractivity contribution in [3.05, 3.63) is 29.3 Å². The van der Waals surface area contributed by atoms with Crippen LogP contribution in [0.25, 0.3) is 0 Å². The summed E-state index contributed by atoms with van der Waals surface area (Å²) in [6.45, 7) is 5.88. The molecule has 0 aromatic heterocycles. The molecular formula is C14H21NO2. The van der Waals surface area contributed by atoms with E-state index in [4.69, 9.17) is 4.74 Å². The van der Waals surface area contributed by atoms with Crippen molar-refractivity contribution >= 4 is 0 Å². The van der Waals surface area contributed by atoms with Gasteiger partial charge in [0.2, 0.25) is 0 Å². The van der Waals surface area contributed by atoms with Crippen LogP contribution in [0.2, 0.25) is 0 Å². The second-order valence-electron chi connectivity index (χ2n) is 5.02. The standard InChI is InChI=1S/C14H21NO2/c1-10-4-5-12(8-11(10)2)17-14-9-15(3)7-6-13(14)16/h4-5,8,13-14,16H,6-7,9H2,1-3H3/t13-,14-/m1/s1. The van der Waals surface area contributed by atoms with Crippen molar-refractivity contribution in [2.45, 2.75) is 32.5 Å². The fourth-order valence-corrected chi connectivity index (χ4v) is 2.14. The monoisotopic (exact) mass is 235 g/mol. The average molecular weight is 235 g/mol. The smallest absolute Gasteiger partial charge is 0.137 e. The van der Waals surface area contributed by atoms with Gasteiger partial charge in [-0.1, -0.05) is 6.07 Å². The number of nitrogens with zero attached hydrogens (tertiary/aromatic N) is 1. The predicted molar refractivity (Wildman–Crippen MR) is 68.5 cm³/mol. The number of aliphatic hydroxyl groups is 1. The van der Waals surface area contributed by atoms with Gasteiger partial charge in [-0.2, -0.15) is 0 Å². The van der Waals surface area contributed by atoms with Crippen LogP contribution >= 0.6 is 0 Å². The molecule has 1 N–H and O–H groups in total. The lowest BCUT2D eigenvalue weighted by atomic mass is 10.1. The Kier molecular flexibility index (Phi) is 3.69. The molecule has 17 heavy (non-hydrogen) atoms. The maximum Gasteiger partial charge on any atom is 0.137 e. The summed E-state index contributed by atoms with van der Waals surface area (Å²) in [6.07, 6.45) is 0.315. The van der Waals surface area contributed by atoms with Gasteiger partial charge in [0.25, 0.3) is 0 Å². The Labute approximate surface area is 103 Å². The highest BCUT2D eigenvalue weighted by molar-refractivity contribution is 5.34. The van der Waals surface area contributed by atoms with Crippen LogP contribution in [-0.2, 0) is 0 Å². The maximum atomic E-state index is 9.92. The summed E-state index contributed by atoms with van der Waals surface area (Å²) in [7, 11) is 2.06. The predicted octanol–water partition coefficient (Wildman–Crippen LogP) is 1.75. The van der Waals surface area contributed by atoms with Gasteiger partial charge in [-0.3, -0.25) is 0 Å². The van der Waals surface area contributed by atoms with Crippen LogP contribution < -0.4 is 4.74 Å². The third-order valence-electron chi connectivity index (χ3n) is 3.49. The molecule has 94 valence electrons. The molecular weight excluding hydrogens is 214 g/mol. The molecule has 2 atom stereocenters. The minimum atomic E-state index is -0.354. The topological polar surface area (TPSA) is 32.7 Å². The fourth-order valence-electron chi connectivity index (χ4n) is 2.14. The van der Waals surface area contributed by atoms with E-state index in [1.807, 2.05) is 12.1 Å². The molecule has 0 saturated carbocycles. The first-order chi connectivity index (χ1) is 8.06. The number of rotatable bonds is 2. The highest BCUT2D eigenvalue weighted by Crippen LogP contribution is 2.21. The fraction of sp³-hybridized carbons (Fsp3) is 0.571. The molecule has 1 aromatic carbocycles. The summed E-state index contributed by atoms with van der Waals surface area (Å²) in [5.41, 5.74) is 2.49. The summed E-state index contributed by atoms with van der Waals surface area (Å²) in [5.74, 6) is 0.854. The molecule has 1 heterocycles. The molecule has 1 saturated heterocycles. The Hall–Kier alpha value is -1.06. The van der Waals surface area contributed by atoms with Crippen LogP contribution in [0.5, 0.6) is 5.75 Å². The zero-order valence-corrected chi connectivity index (χ0v) is 10.8. The largest absolute Gasteiger partial charge is 0.486 e. The van der Waals surface area contributed by atoms with Crippen LogP contribution in [0.1, 0.15) is 17.5 Å². The van der Waals surface area contributed by atoms with Crippen LogP contribution in [0.4, 0.5) is 0 Å². The average Bonchev–Trinajstić information content (AvgIpc) is 2.29. The van der Waals surface area contributed by atoms with E-state index >= 15 is 0 Å². The van der Waals surface area contributed by atoms with Gasteiger partial charge < -0.3 is 14.7 Å². The number of ether oxygens (including phenoxy) is 1. The third kappa shape index (κ3) is 2.99. The first-order valence-electron chi connectivity index (χ1n) is 6.17. The van der Waals surface area contributed by atoms with E-state index < -0.39 is 0 Å². The molecule has 3 nitrogen and oxygen atoms in total. The number of piperidine rings is 1. The Morgan fingerprint density at radius 1 is 1.29 bits per heavy atom. The van der Waals surface area contributed by atoms with E-state index in [-0.39, 0.29) is 12.2 Å². The lowest BCUT2D eigenvalue weighted by Crippen LogP contribution is -2.47. The van der Waals surface area contributed by atoms with Gasteiger partial charge in [0.1, 0.15) is 11.9 Å². The van der Waals surface area contributed by atoms with Crippen LogP contribution in [0, 0.1) is 13.8 Å². The number of hydrogen-bond acceptors (Lipinski definition) is 3. The summed E-state index contributed by atoms with van der Waals surface area (Å²) >= 11 is 0. The second kappa shape index (κ2) is 5.07. The maximum absolute atomic E-state index is 9.92. The zero-order chi connectivity index (χ0) is 12.4. The van der Waals surface area contributed by atoms with Gasteiger partial charge in [-0.15, -0.1) is 0 Å². The Morgan fingerprint density at radius 3 is 2.76 bits per heavy atom. The summed E-state index contributed by atoms with van der Waals surface area (Å²) in [4.78, 5) is 2.19. The lowest BCUT2D eigenvalue weighted by molar-refractivity contribution is -0.0176. The summed E-state index contributed by atoms with van der Waals surface area (Å²) < 4.78 is 5.88. The molecule has 0 spiro atoms. The van der Waals surface area contributed by atoms with Gasteiger partial charge in [0, 0.05) is 13.1 Å². The SMILES string of the molecule is Cc1ccc(O[C@@H]2CN(C)CC[C@H]2O)cc1C. The third-order valence-corrected chi connectivity index (χ3v) is 3.49. The van der Waals surface area contributed by atoms with Gasteiger partial charge in [-0.05, 0) is 50.6 Å². The zero-order valence-electron chi connectivity index (χ0n) is 10.8. The Balaban J connectivity index is 2.06. The van der Waals surface area contributed by atoms with Crippen LogP contribution in [0.3, 0.4) is 0 Å². The molecule has 0 aliphatic carbocycles. The second-order valence-corrected chi connectivity index (χ2v) is 5.02. The molecule has 2 rings (SSSR count). The molecule has 3 heteroatoms. The van der Waals surface area contributed by atoms with Crippen molar-refractivity contribution in [3.63, 3.8) is 0 Å². The quantitative estimate of drug-likeness (QED) is 0.847. The van der Waals surface area contributed by atoms with E-state index in [0.717, 1.165) is 25.3 Å². The van der Waals surface area contributed by atoms with Gasteiger partial charge >= 0.3 is 0 Å². The Morgan fingerprint density at radius 2 is 2.06 bits per heavy atom. The molecule has 1 aromatic rings. The first-order valence-corrected chi connectivity index (χ1v) is 6.17. The van der Waals surface area contributed by atoms with E-state index in [1.54, 1.807) is 0 Å². The lowest BCUT2D eigenvalue weighted by Gasteiger charge is -2.34. The van der Waals surface area contributed by atoms with Gasteiger partial charge in [0.05, 0.1) is 6.10 Å². The van der Waals surface area contributed by atoms with Crippen molar-refractivity contribution < 1.29 is 9.84 Å². The first kappa shape index (κ1) is 12.4. The summed E-state index contributed by atoms with van der Waals surface area (Å²) in [6, 6.07) is 6.07. The molecule has 1 aliphatic heterocycles. The number of likely N-dealkylation sites (tertiary alicyclic amines) is 1. The normalized spacial score (nSPS) is 25.9. The molecule has 1 aliphatic rings. The van der Waals surface area contributed by atoms with Crippen molar-refractivity contribution in [3.8, 4) is 5.75 Å². The molecule has 0 amide bonds. The van der Waals surface area contributed by atoms with E-state index in [9.17, 15) is 5.11 Å². The Bertz CT molecular complexity index is 392. The minimum absolute atomic E-state index is 0.115. The van der Waals surface area contributed by atoms with E-state index in [0.29, 0.717) is 0 Å². The highest BCUT2D eigenvalue weighted by Gasteiger charge is 2.27. The number of likely N-dealkylation sites (N-methyl/N-ethyl adjacent to an activating group) is 1. The number of hydrogen-bond donors (Lipinski definition) is 1. The van der Waals surface area contributed by atoms with Crippen LogP contribution in [0.15, 0.2) is 18.2 Å². The van der Waals surface area contributed by atoms with Crippen molar-refractivity contribution in [2.24, 2.45) is 0 Å². The van der Waals surface area contributed by atoms with Gasteiger partial charge in [-0.25, -0.2) is 0 Å². The van der Waals surface area contributed by atoms with Crippen molar-refractivity contribution in [1.82, 2.24) is 4.90 Å². The minimum Gasteiger partial charge on any atom is -0.486 e. The van der Waals surface area contributed by atoms with Gasteiger partial charge in [0.15, 0.2) is 0 Å². The number of aliphatic hydroxyl groups excluding tert-OH is 1. The van der Waals surface area contributed by atoms with Crippen molar-refractivity contribution in [1.29, 1.82) is 0 Å². The summed E-state index contributed by atoms with van der Waals surface area (Å²) in [5, 5.41) is 9.92. The van der Waals surface area contributed by atoms with E-state index in [1.165, 1.54) is 11.1 Å².